The Morgan fingerprint density at radius 3 is 2.52 bits per heavy atom. The molecule has 1 aliphatic rings. The number of aliphatic hydroxyl groups excluding tert-OH is 1. The summed E-state index contributed by atoms with van der Waals surface area (Å²) in [6.45, 7) is 2.91. The summed E-state index contributed by atoms with van der Waals surface area (Å²) in [5, 5.41) is 15.5. The summed E-state index contributed by atoms with van der Waals surface area (Å²) >= 11 is 0. The number of benzene rings is 2. The quantitative estimate of drug-likeness (QED) is 0.467. The predicted molar refractivity (Wildman–Crippen MR) is 123 cm³/mol. The Balaban J connectivity index is 1.18. The van der Waals surface area contributed by atoms with Gasteiger partial charge in [-0.25, -0.2) is 4.79 Å². The number of aromatic nitrogens is 3. The number of piperazine rings is 1. The van der Waals surface area contributed by atoms with E-state index in [9.17, 15) is 14.7 Å². The normalized spacial score (nSPS) is 15.7. The molecular weight excluding hydrogens is 422 g/mol. The van der Waals surface area contributed by atoms with Crippen LogP contribution in [0.15, 0.2) is 70.0 Å². The molecule has 1 atom stereocenters. The molecule has 5 rings (SSSR count). The largest absolute Gasteiger partial charge is 0.441 e. The summed E-state index contributed by atoms with van der Waals surface area (Å²) in [5.41, 5.74) is 2.28. The number of hydrogen-bond donors (Lipinski definition) is 2. The van der Waals surface area contributed by atoms with Crippen LogP contribution in [-0.4, -0.2) is 74.3 Å². The van der Waals surface area contributed by atoms with E-state index in [1.807, 2.05) is 65.6 Å². The minimum Gasteiger partial charge on any atom is -0.390 e. The fourth-order valence-corrected chi connectivity index (χ4v) is 4.28. The number of rotatable bonds is 6. The van der Waals surface area contributed by atoms with Gasteiger partial charge in [0.05, 0.1) is 12.6 Å². The van der Waals surface area contributed by atoms with E-state index in [1.54, 1.807) is 0 Å². The number of carbonyl (C=O) groups excluding carboxylic acids is 1. The fraction of sp³-hybridized carbons (Fsp3) is 0.292. The first-order valence-corrected chi connectivity index (χ1v) is 11.0. The van der Waals surface area contributed by atoms with Crippen LogP contribution in [0.2, 0.25) is 0 Å². The summed E-state index contributed by atoms with van der Waals surface area (Å²) < 4.78 is 6.19. The second-order valence-electron chi connectivity index (χ2n) is 8.27. The lowest BCUT2D eigenvalue weighted by Crippen LogP contribution is -2.51. The molecule has 2 aromatic heterocycles. The van der Waals surface area contributed by atoms with Gasteiger partial charge < -0.3 is 15.0 Å². The monoisotopic (exact) mass is 447 g/mol. The molecule has 1 saturated heterocycles. The average molecular weight is 447 g/mol. The van der Waals surface area contributed by atoms with E-state index in [4.69, 9.17) is 4.52 Å². The van der Waals surface area contributed by atoms with Crippen molar-refractivity contribution in [3.63, 3.8) is 0 Å². The summed E-state index contributed by atoms with van der Waals surface area (Å²) in [7, 11) is 0. The van der Waals surface area contributed by atoms with Crippen LogP contribution in [0.1, 0.15) is 10.5 Å². The van der Waals surface area contributed by atoms with Crippen molar-refractivity contribution in [1.29, 1.82) is 0 Å². The molecule has 1 amide bonds. The van der Waals surface area contributed by atoms with E-state index in [-0.39, 0.29) is 12.5 Å². The van der Waals surface area contributed by atoms with E-state index in [2.05, 4.69) is 15.0 Å². The lowest BCUT2D eigenvalue weighted by atomic mass is 10.2. The molecule has 1 fully saturated rings. The van der Waals surface area contributed by atoms with Gasteiger partial charge in [-0.1, -0.05) is 53.7 Å². The summed E-state index contributed by atoms with van der Waals surface area (Å²) in [6, 6.07) is 19.0. The molecule has 1 aliphatic heterocycles. The van der Waals surface area contributed by atoms with Gasteiger partial charge in [-0.3, -0.25) is 18.8 Å². The molecule has 9 heteroatoms. The second kappa shape index (κ2) is 9.05. The van der Waals surface area contributed by atoms with E-state index in [1.165, 1.54) is 4.57 Å². The number of fused-ring (bicyclic) bond motifs is 1. The molecular formula is C24H25N5O4. The first-order valence-electron chi connectivity index (χ1n) is 11.0. The highest BCUT2D eigenvalue weighted by atomic mass is 16.5. The van der Waals surface area contributed by atoms with Gasteiger partial charge in [-0.15, -0.1) is 0 Å². The smallest absolute Gasteiger partial charge is 0.390 e. The maximum Gasteiger partial charge on any atom is 0.441 e. The highest BCUT2D eigenvalue weighted by Crippen LogP contribution is 2.18. The lowest BCUT2D eigenvalue weighted by molar-refractivity contribution is 0.0492. The molecule has 0 saturated carbocycles. The molecule has 2 N–H and O–H groups in total. The molecule has 0 bridgehead atoms. The molecule has 1 unspecified atom stereocenters. The molecule has 0 radical (unpaired) electrons. The van der Waals surface area contributed by atoms with Gasteiger partial charge in [-0.05, 0) is 12.1 Å². The minimum atomic E-state index is -0.777. The van der Waals surface area contributed by atoms with Gasteiger partial charge in [0.15, 0.2) is 5.82 Å². The number of carbonyl (C=O) groups is 1. The van der Waals surface area contributed by atoms with Crippen molar-refractivity contribution < 1.29 is 14.4 Å². The molecule has 33 heavy (non-hydrogen) atoms. The van der Waals surface area contributed by atoms with Crippen LogP contribution in [0.3, 0.4) is 0 Å². The van der Waals surface area contributed by atoms with Gasteiger partial charge in [-0.2, -0.15) is 0 Å². The van der Waals surface area contributed by atoms with Gasteiger partial charge in [0, 0.05) is 49.2 Å². The van der Waals surface area contributed by atoms with Crippen molar-refractivity contribution in [2.75, 3.05) is 32.7 Å². The van der Waals surface area contributed by atoms with E-state index in [0.717, 1.165) is 16.5 Å². The van der Waals surface area contributed by atoms with Crippen LogP contribution in [0, 0.1) is 0 Å². The second-order valence-corrected chi connectivity index (χ2v) is 8.27. The molecule has 2 aromatic carbocycles. The SMILES string of the molecule is O=C(c1cc2ccccc2[nH]1)N1CCN(CC(O)Cn2c(-c3ccccc3)noc2=O)CC1. The average Bonchev–Trinajstić information content (AvgIpc) is 3.43. The number of hydrogen-bond acceptors (Lipinski definition) is 6. The van der Waals surface area contributed by atoms with Gasteiger partial charge in [0.2, 0.25) is 0 Å². The van der Waals surface area contributed by atoms with Crippen molar-refractivity contribution in [2.24, 2.45) is 0 Å². The van der Waals surface area contributed by atoms with E-state index in [0.29, 0.717) is 44.2 Å². The van der Waals surface area contributed by atoms with Crippen molar-refractivity contribution in [3.8, 4) is 11.4 Å². The Bertz CT molecular complexity index is 1270. The number of β-amino-alcohol motifs (C(OH)–C–C–N with tert-alkyl or cyclic N) is 1. The summed E-state index contributed by atoms with van der Waals surface area (Å²) in [4.78, 5) is 32.1. The van der Waals surface area contributed by atoms with Crippen molar-refractivity contribution in [1.82, 2.24) is 24.5 Å². The topological polar surface area (TPSA) is 108 Å². The molecule has 9 nitrogen and oxygen atoms in total. The van der Waals surface area contributed by atoms with Crippen molar-refractivity contribution in [2.45, 2.75) is 12.6 Å². The zero-order valence-corrected chi connectivity index (χ0v) is 18.1. The minimum absolute atomic E-state index is 0.0186. The van der Waals surface area contributed by atoms with Crippen LogP contribution >= 0.6 is 0 Å². The molecule has 0 aliphatic carbocycles. The number of H-pyrrole nitrogens is 1. The summed E-state index contributed by atoms with van der Waals surface area (Å²) in [5.74, 6) is -0.218. The predicted octanol–water partition coefficient (Wildman–Crippen LogP) is 1.80. The molecule has 170 valence electrons. The number of nitrogens with one attached hydrogen (secondary N) is 1. The Kier molecular flexibility index (Phi) is 5.80. The third kappa shape index (κ3) is 4.46. The zero-order valence-electron chi connectivity index (χ0n) is 18.1. The molecule has 3 heterocycles. The third-order valence-electron chi connectivity index (χ3n) is 6.00. The third-order valence-corrected chi connectivity index (χ3v) is 6.00. The highest BCUT2D eigenvalue weighted by Gasteiger charge is 2.25. The van der Waals surface area contributed by atoms with Crippen LogP contribution in [-0.2, 0) is 6.54 Å². The first-order chi connectivity index (χ1) is 16.1. The summed E-state index contributed by atoms with van der Waals surface area (Å²) in [6.07, 6.45) is -0.777. The first kappa shape index (κ1) is 21.2. The van der Waals surface area contributed by atoms with Gasteiger partial charge >= 0.3 is 5.76 Å². The Morgan fingerprint density at radius 1 is 1.03 bits per heavy atom. The van der Waals surface area contributed by atoms with Crippen LogP contribution in [0.4, 0.5) is 0 Å². The number of para-hydroxylation sites is 1. The molecule has 4 aromatic rings. The maximum atomic E-state index is 12.9. The zero-order chi connectivity index (χ0) is 22.8. The van der Waals surface area contributed by atoms with Crippen LogP contribution in [0.25, 0.3) is 22.3 Å². The molecule has 0 spiro atoms. The van der Waals surface area contributed by atoms with Gasteiger partial charge in [0.1, 0.15) is 5.69 Å². The lowest BCUT2D eigenvalue weighted by Gasteiger charge is -2.35. The van der Waals surface area contributed by atoms with Crippen molar-refractivity contribution >= 4 is 16.8 Å². The van der Waals surface area contributed by atoms with Gasteiger partial charge in [0.25, 0.3) is 5.91 Å². The Labute approximate surface area is 189 Å². The standard InChI is InChI=1S/C24H25N5O4/c30-19(16-29-22(26-33-24(29)32)17-6-2-1-3-7-17)15-27-10-12-28(13-11-27)23(31)21-14-18-8-4-5-9-20(18)25-21/h1-9,14,19,25,30H,10-13,15-16H2. The fourth-order valence-electron chi connectivity index (χ4n) is 4.28. The van der Waals surface area contributed by atoms with Crippen LogP contribution in [0.5, 0.6) is 0 Å². The number of aliphatic hydroxyl groups is 1. The van der Waals surface area contributed by atoms with Crippen molar-refractivity contribution in [3.05, 3.63) is 76.9 Å². The van der Waals surface area contributed by atoms with Crippen LogP contribution < -0.4 is 5.76 Å². The Morgan fingerprint density at radius 2 is 1.76 bits per heavy atom. The Hall–Kier alpha value is -3.69. The number of aromatic amines is 1. The number of amides is 1. The van der Waals surface area contributed by atoms with E-state index >= 15 is 0 Å². The number of nitrogens with zero attached hydrogens (tertiary/aromatic N) is 4. The van der Waals surface area contributed by atoms with E-state index < -0.39 is 11.9 Å². The highest BCUT2D eigenvalue weighted by molar-refractivity contribution is 5.98. The maximum absolute atomic E-state index is 12.9.